The first-order chi connectivity index (χ1) is 11.8. The number of nitrogens with zero attached hydrogens (tertiary/aromatic N) is 1. The van der Waals surface area contributed by atoms with Gasteiger partial charge in [0, 0.05) is 38.8 Å². The third kappa shape index (κ3) is 3.50. The summed E-state index contributed by atoms with van der Waals surface area (Å²) in [5, 5.41) is 3.09. The molecule has 6 nitrogen and oxygen atoms in total. The fourth-order valence-corrected chi connectivity index (χ4v) is 4.11. The molecule has 24 heavy (non-hydrogen) atoms. The van der Waals surface area contributed by atoms with Crippen LogP contribution in [0.4, 0.5) is 0 Å². The van der Waals surface area contributed by atoms with Crippen LogP contribution in [-0.4, -0.2) is 55.4 Å². The van der Waals surface area contributed by atoms with Crippen molar-refractivity contribution in [3.63, 3.8) is 0 Å². The van der Waals surface area contributed by atoms with E-state index in [9.17, 15) is 4.79 Å². The summed E-state index contributed by atoms with van der Waals surface area (Å²) in [6.45, 7) is 4.17. The fraction of sp³-hybridized carbons (Fsp3) is 0.722. The molecule has 0 radical (unpaired) electrons. The van der Waals surface area contributed by atoms with E-state index in [-0.39, 0.29) is 18.1 Å². The monoisotopic (exact) mass is 334 g/mol. The highest BCUT2D eigenvalue weighted by molar-refractivity contribution is 5.81. The number of fused-ring (bicyclic) bond motifs is 1. The number of nitrogens with one attached hydrogen (secondary N) is 1. The normalized spacial score (nSPS) is 31.2. The average Bonchev–Trinajstić information content (AvgIpc) is 3.32. The van der Waals surface area contributed by atoms with Gasteiger partial charge >= 0.3 is 0 Å². The second-order valence-corrected chi connectivity index (χ2v) is 7.11. The minimum Gasteiger partial charge on any atom is -0.468 e. The fourth-order valence-electron chi connectivity index (χ4n) is 4.11. The van der Waals surface area contributed by atoms with E-state index in [0.717, 1.165) is 64.3 Å². The molecule has 1 aromatic rings. The number of hydrogen-bond donors (Lipinski definition) is 1. The van der Waals surface area contributed by atoms with E-state index in [1.54, 1.807) is 6.26 Å². The van der Waals surface area contributed by atoms with Crippen LogP contribution in [0.5, 0.6) is 0 Å². The van der Waals surface area contributed by atoms with Gasteiger partial charge < -0.3 is 19.2 Å². The molecule has 3 fully saturated rings. The van der Waals surface area contributed by atoms with Crippen LogP contribution in [0.3, 0.4) is 0 Å². The standard InChI is InChI=1S/C18H26N2O4/c21-18(19-11-13-4-8-22-9-5-13)17-10-15-16(24-17)3-6-20(15)12-14-2-1-7-23-14/h1-2,7,13,15-17H,3-6,8-12H2,(H,19,21)/t15-,16-,17+/m0/s1. The molecule has 1 aromatic heterocycles. The van der Waals surface area contributed by atoms with Crippen molar-refractivity contribution in [2.24, 2.45) is 5.92 Å². The molecule has 0 saturated carbocycles. The maximum atomic E-state index is 12.4. The molecular formula is C18H26N2O4. The average molecular weight is 334 g/mol. The molecule has 0 spiro atoms. The Labute approximate surface area is 142 Å². The number of likely N-dealkylation sites (tertiary alicyclic amines) is 1. The van der Waals surface area contributed by atoms with Gasteiger partial charge in [0.15, 0.2) is 0 Å². The van der Waals surface area contributed by atoms with Gasteiger partial charge in [-0.15, -0.1) is 0 Å². The first-order valence-electron chi connectivity index (χ1n) is 9.07. The molecule has 132 valence electrons. The van der Waals surface area contributed by atoms with Crippen molar-refractivity contribution in [3.05, 3.63) is 24.2 Å². The quantitative estimate of drug-likeness (QED) is 0.885. The summed E-state index contributed by atoms with van der Waals surface area (Å²) in [6.07, 6.45) is 5.43. The van der Waals surface area contributed by atoms with Crippen LogP contribution in [0, 0.1) is 5.92 Å². The van der Waals surface area contributed by atoms with E-state index < -0.39 is 0 Å². The molecule has 4 rings (SSSR count). The largest absolute Gasteiger partial charge is 0.468 e. The third-order valence-electron chi connectivity index (χ3n) is 5.53. The number of ether oxygens (including phenoxy) is 2. The highest BCUT2D eigenvalue weighted by Gasteiger charge is 2.45. The van der Waals surface area contributed by atoms with E-state index in [2.05, 4.69) is 10.2 Å². The molecule has 1 amide bonds. The Balaban J connectivity index is 1.27. The van der Waals surface area contributed by atoms with Crippen LogP contribution >= 0.6 is 0 Å². The molecule has 1 N–H and O–H groups in total. The summed E-state index contributed by atoms with van der Waals surface area (Å²) in [5.41, 5.74) is 0. The van der Waals surface area contributed by atoms with E-state index >= 15 is 0 Å². The molecule has 6 heteroatoms. The summed E-state index contributed by atoms with van der Waals surface area (Å²) >= 11 is 0. The van der Waals surface area contributed by atoms with Gasteiger partial charge in [0.1, 0.15) is 11.9 Å². The molecule has 4 heterocycles. The zero-order chi connectivity index (χ0) is 16.4. The predicted molar refractivity (Wildman–Crippen MR) is 87.4 cm³/mol. The highest BCUT2D eigenvalue weighted by Crippen LogP contribution is 2.34. The van der Waals surface area contributed by atoms with E-state index in [1.807, 2.05) is 12.1 Å². The second-order valence-electron chi connectivity index (χ2n) is 7.11. The van der Waals surface area contributed by atoms with Gasteiger partial charge in [0.05, 0.1) is 18.9 Å². The maximum absolute atomic E-state index is 12.4. The van der Waals surface area contributed by atoms with Crippen LogP contribution in [0.25, 0.3) is 0 Å². The van der Waals surface area contributed by atoms with Crippen molar-refractivity contribution in [2.45, 2.75) is 50.5 Å². The lowest BCUT2D eigenvalue weighted by molar-refractivity contribution is -0.132. The third-order valence-corrected chi connectivity index (χ3v) is 5.53. The zero-order valence-electron chi connectivity index (χ0n) is 14.0. The molecule has 3 saturated heterocycles. The van der Waals surface area contributed by atoms with Gasteiger partial charge in [-0.2, -0.15) is 0 Å². The van der Waals surface area contributed by atoms with Gasteiger partial charge in [0.25, 0.3) is 0 Å². The minimum absolute atomic E-state index is 0.0499. The first kappa shape index (κ1) is 16.1. The van der Waals surface area contributed by atoms with Crippen molar-refractivity contribution in [3.8, 4) is 0 Å². The van der Waals surface area contributed by atoms with Gasteiger partial charge in [-0.3, -0.25) is 9.69 Å². The molecule has 3 atom stereocenters. The Morgan fingerprint density at radius 3 is 2.96 bits per heavy atom. The molecule has 0 aromatic carbocycles. The smallest absolute Gasteiger partial charge is 0.249 e. The SMILES string of the molecule is O=C(NCC1CCOCC1)[C@H]1C[C@H]2[C@H](CCN2Cc2ccco2)O1. The lowest BCUT2D eigenvalue weighted by atomic mass is 10.0. The van der Waals surface area contributed by atoms with Gasteiger partial charge in [-0.25, -0.2) is 0 Å². The van der Waals surface area contributed by atoms with E-state index in [0.29, 0.717) is 12.0 Å². The van der Waals surface area contributed by atoms with Crippen molar-refractivity contribution in [2.75, 3.05) is 26.3 Å². The summed E-state index contributed by atoms with van der Waals surface area (Å²) in [7, 11) is 0. The van der Waals surface area contributed by atoms with Gasteiger partial charge in [-0.1, -0.05) is 0 Å². The van der Waals surface area contributed by atoms with Gasteiger partial charge in [0.2, 0.25) is 5.91 Å². The number of carbonyl (C=O) groups is 1. The summed E-state index contributed by atoms with van der Waals surface area (Å²) in [6, 6.07) is 4.25. The van der Waals surface area contributed by atoms with Crippen molar-refractivity contribution in [1.82, 2.24) is 10.2 Å². The number of hydrogen-bond acceptors (Lipinski definition) is 5. The molecule has 0 aliphatic carbocycles. The first-order valence-corrected chi connectivity index (χ1v) is 9.07. The second kappa shape index (κ2) is 7.25. The van der Waals surface area contributed by atoms with E-state index in [1.165, 1.54) is 0 Å². The summed E-state index contributed by atoms with van der Waals surface area (Å²) in [5.74, 6) is 1.57. The Hall–Kier alpha value is -1.37. The van der Waals surface area contributed by atoms with Crippen LogP contribution in [0.2, 0.25) is 0 Å². The number of rotatable bonds is 5. The minimum atomic E-state index is -0.306. The Kier molecular flexibility index (Phi) is 4.87. The molecule has 0 bridgehead atoms. The van der Waals surface area contributed by atoms with Crippen molar-refractivity contribution >= 4 is 5.91 Å². The molecule has 3 aliphatic heterocycles. The Bertz CT molecular complexity index is 541. The predicted octanol–water partition coefficient (Wildman–Crippen LogP) is 1.55. The van der Waals surface area contributed by atoms with Gasteiger partial charge in [-0.05, 0) is 37.3 Å². The number of amides is 1. The van der Waals surface area contributed by atoms with Crippen LogP contribution < -0.4 is 5.32 Å². The zero-order valence-corrected chi connectivity index (χ0v) is 14.0. The molecule has 3 aliphatic rings. The highest BCUT2D eigenvalue weighted by atomic mass is 16.5. The van der Waals surface area contributed by atoms with Crippen LogP contribution in [0.15, 0.2) is 22.8 Å². The Morgan fingerprint density at radius 2 is 2.17 bits per heavy atom. The van der Waals surface area contributed by atoms with Crippen LogP contribution in [0.1, 0.15) is 31.4 Å². The maximum Gasteiger partial charge on any atom is 0.249 e. The number of furan rings is 1. The van der Waals surface area contributed by atoms with Crippen molar-refractivity contribution < 1.29 is 18.7 Å². The lowest BCUT2D eigenvalue weighted by Crippen LogP contribution is -2.39. The number of carbonyl (C=O) groups excluding carboxylic acids is 1. The molecular weight excluding hydrogens is 308 g/mol. The van der Waals surface area contributed by atoms with Crippen LogP contribution in [-0.2, 0) is 20.8 Å². The molecule has 0 unspecified atom stereocenters. The topological polar surface area (TPSA) is 63.9 Å². The van der Waals surface area contributed by atoms with Crippen molar-refractivity contribution in [1.29, 1.82) is 0 Å². The summed E-state index contributed by atoms with van der Waals surface area (Å²) < 4.78 is 16.8. The van der Waals surface area contributed by atoms with E-state index in [4.69, 9.17) is 13.9 Å². The lowest BCUT2D eigenvalue weighted by Gasteiger charge is -2.23. The Morgan fingerprint density at radius 1 is 1.29 bits per heavy atom. The summed E-state index contributed by atoms with van der Waals surface area (Å²) in [4.78, 5) is 14.8.